The first-order chi connectivity index (χ1) is 12.0. The van der Waals surface area contributed by atoms with Gasteiger partial charge in [-0.25, -0.2) is 9.18 Å². The summed E-state index contributed by atoms with van der Waals surface area (Å²) < 4.78 is 18.5. The van der Waals surface area contributed by atoms with Gasteiger partial charge in [0.25, 0.3) is 0 Å². The molecule has 1 aromatic carbocycles. The zero-order valence-electron chi connectivity index (χ0n) is 15.1. The minimum Gasteiger partial charge on any atom is -0.478 e. The molecule has 0 saturated carbocycles. The van der Waals surface area contributed by atoms with Crippen molar-refractivity contribution in [1.29, 1.82) is 0 Å². The average molecular weight is 352 g/mol. The van der Waals surface area contributed by atoms with E-state index in [1.807, 2.05) is 0 Å². The Labute approximate surface area is 149 Å². The van der Waals surface area contributed by atoms with Crippen LogP contribution in [0.2, 0.25) is 0 Å². The van der Waals surface area contributed by atoms with Gasteiger partial charge in [0.15, 0.2) is 0 Å². The van der Waals surface area contributed by atoms with Crippen LogP contribution in [-0.4, -0.2) is 17.0 Å². The predicted molar refractivity (Wildman–Crippen MR) is 95.5 cm³/mol. The van der Waals surface area contributed by atoms with Crippen LogP contribution < -0.4 is 4.74 Å². The molecule has 0 radical (unpaired) electrons. The number of rotatable bonds is 13. The van der Waals surface area contributed by atoms with Gasteiger partial charge in [0, 0.05) is 12.5 Å². The molecule has 0 aliphatic heterocycles. The third-order valence-electron chi connectivity index (χ3n) is 4.14. The highest BCUT2D eigenvalue weighted by atomic mass is 19.1. The van der Waals surface area contributed by atoms with Crippen molar-refractivity contribution in [2.45, 2.75) is 77.6 Å². The summed E-state index contributed by atoms with van der Waals surface area (Å²) in [6.45, 7) is 2.21. The molecule has 0 spiro atoms. The Hall–Kier alpha value is -1.91. The topological polar surface area (TPSA) is 63.6 Å². The number of carbonyl (C=O) groups is 2. The fourth-order valence-electron chi connectivity index (χ4n) is 2.67. The van der Waals surface area contributed by atoms with E-state index in [1.54, 1.807) is 0 Å². The molecule has 0 aliphatic rings. The number of carbonyl (C=O) groups excluding carboxylic acids is 1. The molecule has 0 aromatic heterocycles. The first-order valence-electron chi connectivity index (χ1n) is 9.28. The van der Waals surface area contributed by atoms with Crippen LogP contribution in [-0.2, 0) is 4.79 Å². The van der Waals surface area contributed by atoms with E-state index in [2.05, 4.69) is 6.92 Å². The second-order valence-electron chi connectivity index (χ2n) is 6.35. The van der Waals surface area contributed by atoms with E-state index in [4.69, 9.17) is 9.84 Å². The summed E-state index contributed by atoms with van der Waals surface area (Å²) in [5.74, 6) is -2.63. The minimum atomic E-state index is -1.35. The number of hydrogen-bond acceptors (Lipinski definition) is 3. The number of ether oxygens (including phenoxy) is 1. The lowest BCUT2D eigenvalue weighted by molar-refractivity contribution is -0.134. The predicted octanol–water partition coefficient (Wildman–Crippen LogP) is 5.74. The summed E-state index contributed by atoms with van der Waals surface area (Å²) in [5.41, 5.74) is -0.436. The van der Waals surface area contributed by atoms with Gasteiger partial charge in [-0.15, -0.1) is 0 Å². The molecule has 0 bridgehead atoms. The summed E-state index contributed by atoms with van der Waals surface area (Å²) in [6.07, 6.45) is 12.1. The van der Waals surface area contributed by atoms with Crippen molar-refractivity contribution in [2.75, 3.05) is 0 Å². The molecule has 1 aromatic rings. The maximum Gasteiger partial charge on any atom is 0.338 e. The molecule has 140 valence electrons. The molecule has 5 heteroatoms. The molecule has 0 fully saturated rings. The van der Waals surface area contributed by atoms with E-state index in [-0.39, 0.29) is 5.75 Å². The van der Waals surface area contributed by atoms with Gasteiger partial charge in [0.2, 0.25) is 0 Å². The highest BCUT2D eigenvalue weighted by Crippen LogP contribution is 2.18. The Balaban J connectivity index is 2.11. The highest BCUT2D eigenvalue weighted by Gasteiger charge is 2.12. The standard InChI is InChI=1S/C20H29FO4/c1-2-3-4-5-6-7-8-9-10-11-12-19(22)25-16-13-14-17(20(23)24)18(21)15-16/h13-15H,2-12H2,1H3,(H,23,24). The molecule has 0 aliphatic carbocycles. The Morgan fingerprint density at radius 2 is 1.52 bits per heavy atom. The number of esters is 1. The van der Waals surface area contributed by atoms with Gasteiger partial charge in [-0.05, 0) is 18.6 Å². The Morgan fingerprint density at radius 3 is 2.04 bits per heavy atom. The maximum atomic E-state index is 13.5. The fourth-order valence-corrected chi connectivity index (χ4v) is 2.67. The number of carboxylic acids is 1. The van der Waals surface area contributed by atoms with Crippen molar-refractivity contribution in [3.8, 4) is 5.75 Å². The summed E-state index contributed by atoms with van der Waals surface area (Å²) in [5, 5.41) is 8.75. The SMILES string of the molecule is CCCCCCCCCCCCC(=O)Oc1ccc(C(=O)O)c(F)c1. The number of benzene rings is 1. The second-order valence-corrected chi connectivity index (χ2v) is 6.35. The van der Waals surface area contributed by atoms with E-state index in [0.717, 1.165) is 31.4 Å². The third kappa shape index (κ3) is 9.22. The van der Waals surface area contributed by atoms with Crippen molar-refractivity contribution in [2.24, 2.45) is 0 Å². The number of aromatic carboxylic acids is 1. The van der Waals surface area contributed by atoms with Crippen LogP contribution in [0.4, 0.5) is 4.39 Å². The van der Waals surface area contributed by atoms with Gasteiger partial charge >= 0.3 is 11.9 Å². The number of hydrogen-bond donors (Lipinski definition) is 1. The van der Waals surface area contributed by atoms with Crippen molar-refractivity contribution >= 4 is 11.9 Å². The lowest BCUT2D eigenvalue weighted by Crippen LogP contribution is -2.08. The molecule has 0 atom stereocenters. The van der Waals surface area contributed by atoms with E-state index in [9.17, 15) is 14.0 Å². The molecular weight excluding hydrogens is 323 g/mol. The van der Waals surface area contributed by atoms with Crippen LogP contribution >= 0.6 is 0 Å². The molecule has 0 heterocycles. The van der Waals surface area contributed by atoms with E-state index in [1.165, 1.54) is 51.0 Å². The Bertz CT molecular complexity index is 542. The number of halogens is 1. The van der Waals surface area contributed by atoms with Gasteiger partial charge in [0.1, 0.15) is 11.6 Å². The summed E-state index contributed by atoms with van der Waals surface area (Å²) in [4.78, 5) is 22.4. The van der Waals surface area contributed by atoms with Crippen LogP contribution in [0.15, 0.2) is 18.2 Å². The number of unbranched alkanes of at least 4 members (excludes halogenated alkanes) is 9. The van der Waals surface area contributed by atoms with Crippen molar-refractivity contribution < 1.29 is 23.8 Å². The summed E-state index contributed by atoms with van der Waals surface area (Å²) in [6, 6.07) is 3.32. The smallest absolute Gasteiger partial charge is 0.338 e. The zero-order chi connectivity index (χ0) is 18.5. The van der Waals surface area contributed by atoms with Gasteiger partial charge < -0.3 is 9.84 Å². The first-order valence-corrected chi connectivity index (χ1v) is 9.28. The van der Waals surface area contributed by atoms with Gasteiger partial charge in [-0.3, -0.25) is 4.79 Å². The largest absolute Gasteiger partial charge is 0.478 e. The molecular formula is C20H29FO4. The van der Waals surface area contributed by atoms with E-state index in [0.29, 0.717) is 6.42 Å². The lowest BCUT2D eigenvalue weighted by atomic mass is 10.1. The highest BCUT2D eigenvalue weighted by molar-refractivity contribution is 5.88. The molecule has 1 rings (SSSR count). The fraction of sp³-hybridized carbons (Fsp3) is 0.600. The molecule has 0 unspecified atom stereocenters. The van der Waals surface area contributed by atoms with Crippen molar-refractivity contribution in [1.82, 2.24) is 0 Å². The summed E-state index contributed by atoms with van der Waals surface area (Å²) >= 11 is 0. The Kier molecular flexibility index (Phi) is 10.5. The molecule has 0 saturated heterocycles. The molecule has 1 N–H and O–H groups in total. The van der Waals surface area contributed by atoms with Crippen LogP contribution in [0.25, 0.3) is 0 Å². The van der Waals surface area contributed by atoms with Gasteiger partial charge in [-0.1, -0.05) is 64.7 Å². The zero-order valence-corrected chi connectivity index (χ0v) is 15.1. The maximum absolute atomic E-state index is 13.5. The monoisotopic (exact) mass is 352 g/mol. The van der Waals surface area contributed by atoms with E-state index < -0.39 is 23.3 Å². The Morgan fingerprint density at radius 1 is 0.960 bits per heavy atom. The minimum absolute atomic E-state index is 0.0413. The van der Waals surface area contributed by atoms with Crippen LogP contribution in [0.5, 0.6) is 5.75 Å². The van der Waals surface area contributed by atoms with Gasteiger partial charge in [0.05, 0.1) is 5.56 Å². The van der Waals surface area contributed by atoms with Gasteiger partial charge in [-0.2, -0.15) is 0 Å². The third-order valence-corrected chi connectivity index (χ3v) is 4.14. The number of carboxylic acid groups (broad SMARTS) is 1. The van der Waals surface area contributed by atoms with Crippen molar-refractivity contribution in [3.05, 3.63) is 29.6 Å². The normalized spacial score (nSPS) is 10.6. The van der Waals surface area contributed by atoms with Crippen LogP contribution in [0.1, 0.15) is 87.9 Å². The van der Waals surface area contributed by atoms with Crippen molar-refractivity contribution in [3.63, 3.8) is 0 Å². The quantitative estimate of drug-likeness (QED) is 0.279. The second kappa shape index (κ2) is 12.5. The first kappa shape index (κ1) is 21.1. The molecule has 25 heavy (non-hydrogen) atoms. The average Bonchev–Trinajstić information content (AvgIpc) is 2.56. The van der Waals surface area contributed by atoms with Crippen LogP contribution in [0.3, 0.4) is 0 Å². The molecule has 4 nitrogen and oxygen atoms in total. The van der Waals surface area contributed by atoms with Crippen LogP contribution in [0, 0.1) is 5.82 Å². The lowest BCUT2D eigenvalue weighted by Gasteiger charge is -2.06. The molecule has 0 amide bonds. The summed E-state index contributed by atoms with van der Waals surface area (Å²) in [7, 11) is 0. The van der Waals surface area contributed by atoms with E-state index >= 15 is 0 Å².